The van der Waals surface area contributed by atoms with Crippen LogP contribution in [0.5, 0.6) is 0 Å². The molecule has 0 saturated carbocycles. The van der Waals surface area contributed by atoms with E-state index in [1.54, 1.807) is 6.08 Å². The molecule has 0 bridgehead atoms. The van der Waals surface area contributed by atoms with Gasteiger partial charge in [0.1, 0.15) is 0 Å². The van der Waals surface area contributed by atoms with E-state index in [0.717, 1.165) is 40.9 Å². The third kappa shape index (κ3) is 5.13. The van der Waals surface area contributed by atoms with Crippen LogP contribution in [0.25, 0.3) is 5.70 Å². The van der Waals surface area contributed by atoms with E-state index >= 15 is 0 Å². The molecule has 2 heterocycles. The number of carboxylic acids is 2. The van der Waals surface area contributed by atoms with Gasteiger partial charge < -0.3 is 20.4 Å². The Hall–Kier alpha value is -4.06. The molecule has 0 radical (unpaired) electrons. The number of nitrogens with one attached hydrogen (secondary N) is 1. The highest BCUT2D eigenvalue weighted by Crippen LogP contribution is 2.38. The Morgan fingerprint density at radius 1 is 1.00 bits per heavy atom. The quantitative estimate of drug-likeness (QED) is 0.458. The number of benzene rings is 2. The van der Waals surface area contributed by atoms with Crippen LogP contribution < -0.4 is 5.32 Å². The molecule has 2 aromatic carbocycles. The largest absolute Gasteiger partial charge is 0.481 e. The standard InChI is InChI=1S/C30H32N2O4/c1-3-17-32-18-9-13-23(20-28(33)34)27(32)19-22-12-7-8-14-24(22)30(2)25(29(35)36)15-16-26(31-30)21-10-5-4-6-11-21/h4-16,18,27,31H,3,17,19-20H2,1-2H3,(H,33,34)(H,35,36). The molecule has 2 aromatic rings. The predicted molar refractivity (Wildman–Crippen MR) is 141 cm³/mol. The fourth-order valence-electron chi connectivity index (χ4n) is 5.18. The molecule has 0 amide bonds. The SMILES string of the molecule is CCCN1C=CC=C(CC(=O)O)C1Cc1ccccc1C1(C)NC(c2ccccc2)=CC=C1C(=O)O. The van der Waals surface area contributed by atoms with E-state index in [1.165, 1.54) is 0 Å². The lowest BCUT2D eigenvalue weighted by Gasteiger charge is -2.40. The van der Waals surface area contributed by atoms with Crippen molar-refractivity contribution in [3.8, 4) is 0 Å². The zero-order valence-electron chi connectivity index (χ0n) is 20.6. The van der Waals surface area contributed by atoms with Gasteiger partial charge in [0, 0.05) is 12.2 Å². The molecule has 2 atom stereocenters. The van der Waals surface area contributed by atoms with Crippen LogP contribution in [0.3, 0.4) is 0 Å². The molecule has 0 spiro atoms. The van der Waals surface area contributed by atoms with Gasteiger partial charge in [-0.25, -0.2) is 4.79 Å². The van der Waals surface area contributed by atoms with E-state index in [4.69, 9.17) is 0 Å². The molecule has 2 aliphatic heterocycles. The van der Waals surface area contributed by atoms with Crippen LogP contribution in [0.15, 0.2) is 96.2 Å². The van der Waals surface area contributed by atoms with E-state index < -0.39 is 17.5 Å². The average molecular weight is 485 g/mol. The number of allylic oxidation sites excluding steroid dienone is 4. The van der Waals surface area contributed by atoms with E-state index in [9.17, 15) is 19.8 Å². The van der Waals surface area contributed by atoms with Crippen LogP contribution in [0.1, 0.15) is 43.4 Å². The second-order valence-corrected chi connectivity index (χ2v) is 9.35. The first kappa shape index (κ1) is 25.0. The number of carboxylic acid groups (broad SMARTS) is 2. The molecule has 0 aliphatic carbocycles. The number of hydrogen-bond donors (Lipinski definition) is 3. The molecular formula is C30H32N2O4. The van der Waals surface area contributed by atoms with Crippen LogP contribution in [0.2, 0.25) is 0 Å². The van der Waals surface area contributed by atoms with Crippen molar-refractivity contribution >= 4 is 17.6 Å². The third-order valence-corrected chi connectivity index (χ3v) is 6.88. The first-order valence-corrected chi connectivity index (χ1v) is 12.3. The zero-order valence-corrected chi connectivity index (χ0v) is 20.6. The van der Waals surface area contributed by atoms with Crippen LogP contribution in [-0.4, -0.2) is 39.6 Å². The van der Waals surface area contributed by atoms with Crippen molar-refractivity contribution in [2.45, 2.75) is 44.7 Å². The van der Waals surface area contributed by atoms with Crippen molar-refractivity contribution in [2.75, 3.05) is 6.54 Å². The van der Waals surface area contributed by atoms with Gasteiger partial charge in [-0.1, -0.05) is 67.6 Å². The number of aliphatic carboxylic acids is 2. The van der Waals surface area contributed by atoms with Crippen molar-refractivity contribution < 1.29 is 19.8 Å². The molecule has 0 saturated heterocycles. The highest BCUT2D eigenvalue weighted by molar-refractivity contribution is 5.92. The molecule has 4 rings (SSSR count). The fraction of sp³-hybridized carbons (Fsp3) is 0.267. The Morgan fingerprint density at radius 3 is 2.42 bits per heavy atom. The summed E-state index contributed by atoms with van der Waals surface area (Å²) in [5, 5.41) is 23.2. The Labute approximate surface area is 212 Å². The van der Waals surface area contributed by atoms with Crippen molar-refractivity contribution in [2.24, 2.45) is 0 Å². The highest BCUT2D eigenvalue weighted by Gasteiger charge is 2.39. The Bertz CT molecular complexity index is 1260. The number of carbonyl (C=O) groups is 2. The van der Waals surface area contributed by atoms with Crippen molar-refractivity contribution in [3.63, 3.8) is 0 Å². The summed E-state index contributed by atoms with van der Waals surface area (Å²) in [4.78, 5) is 26.2. The molecule has 2 aliphatic rings. The lowest BCUT2D eigenvalue weighted by molar-refractivity contribution is -0.136. The second-order valence-electron chi connectivity index (χ2n) is 9.35. The maximum atomic E-state index is 12.4. The van der Waals surface area contributed by atoms with Gasteiger partial charge in [0.2, 0.25) is 0 Å². The van der Waals surface area contributed by atoms with Crippen LogP contribution in [0.4, 0.5) is 0 Å². The second kappa shape index (κ2) is 10.7. The summed E-state index contributed by atoms with van der Waals surface area (Å²) < 4.78 is 0. The fourth-order valence-corrected chi connectivity index (χ4v) is 5.18. The van der Waals surface area contributed by atoms with E-state index in [0.29, 0.717) is 6.42 Å². The normalized spacial score (nSPS) is 21.2. The number of rotatable bonds is 9. The molecule has 2 unspecified atom stereocenters. The molecule has 6 heteroatoms. The van der Waals surface area contributed by atoms with Gasteiger partial charge >= 0.3 is 11.9 Å². The van der Waals surface area contributed by atoms with E-state index in [-0.39, 0.29) is 18.0 Å². The minimum atomic E-state index is -0.987. The number of nitrogens with zero attached hydrogens (tertiary/aromatic N) is 1. The predicted octanol–water partition coefficient (Wildman–Crippen LogP) is 5.11. The summed E-state index contributed by atoms with van der Waals surface area (Å²) >= 11 is 0. The van der Waals surface area contributed by atoms with Gasteiger partial charge in [-0.3, -0.25) is 4.79 Å². The lowest BCUT2D eigenvalue weighted by atomic mass is 9.77. The van der Waals surface area contributed by atoms with Crippen molar-refractivity contribution in [1.29, 1.82) is 0 Å². The van der Waals surface area contributed by atoms with Crippen LogP contribution in [0, 0.1) is 0 Å². The molecule has 186 valence electrons. The summed E-state index contributed by atoms with van der Waals surface area (Å²) in [5.41, 5.74) is 3.77. The monoisotopic (exact) mass is 484 g/mol. The molecule has 6 nitrogen and oxygen atoms in total. The number of dihydropyridines is 1. The number of hydrogen-bond acceptors (Lipinski definition) is 4. The maximum Gasteiger partial charge on any atom is 0.334 e. The van der Waals surface area contributed by atoms with Crippen LogP contribution >= 0.6 is 0 Å². The van der Waals surface area contributed by atoms with Gasteiger partial charge in [-0.05, 0) is 66.5 Å². The van der Waals surface area contributed by atoms with E-state index in [2.05, 4.69) is 17.1 Å². The molecule has 3 N–H and O–H groups in total. The Kier molecular flexibility index (Phi) is 7.44. The molecule has 0 fully saturated rings. The van der Waals surface area contributed by atoms with Crippen LogP contribution in [-0.2, 0) is 21.5 Å². The van der Waals surface area contributed by atoms with Crippen molar-refractivity contribution in [1.82, 2.24) is 10.2 Å². The smallest absolute Gasteiger partial charge is 0.334 e. The van der Waals surface area contributed by atoms with Gasteiger partial charge in [0.05, 0.1) is 23.6 Å². The lowest BCUT2D eigenvalue weighted by Crippen LogP contribution is -2.45. The first-order valence-electron chi connectivity index (χ1n) is 12.3. The first-order chi connectivity index (χ1) is 17.3. The van der Waals surface area contributed by atoms with Gasteiger partial charge in [0.15, 0.2) is 0 Å². The summed E-state index contributed by atoms with van der Waals surface area (Å²) in [5.74, 6) is -1.84. The minimum Gasteiger partial charge on any atom is -0.481 e. The summed E-state index contributed by atoms with van der Waals surface area (Å²) in [6.07, 6.45) is 10.8. The maximum absolute atomic E-state index is 12.4. The highest BCUT2D eigenvalue weighted by atomic mass is 16.4. The van der Waals surface area contributed by atoms with Gasteiger partial charge in [-0.2, -0.15) is 0 Å². The molecular weight excluding hydrogens is 452 g/mol. The minimum absolute atomic E-state index is 0.0337. The summed E-state index contributed by atoms with van der Waals surface area (Å²) in [7, 11) is 0. The van der Waals surface area contributed by atoms with Crippen molar-refractivity contribution in [3.05, 3.63) is 113 Å². The molecule has 36 heavy (non-hydrogen) atoms. The Balaban J connectivity index is 1.75. The summed E-state index contributed by atoms with van der Waals surface area (Å²) in [6, 6.07) is 17.6. The summed E-state index contributed by atoms with van der Waals surface area (Å²) in [6.45, 7) is 4.81. The van der Waals surface area contributed by atoms with Gasteiger partial charge in [-0.15, -0.1) is 0 Å². The zero-order chi connectivity index (χ0) is 25.7. The molecule has 0 aromatic heterocycles. The third-order valence-electron chi connectivity index (χ3n) is 6.88. The van der Waals surface area contributed by atoms with Gasteiger partial charge in [0.25, 0.3) is 0 Å². The average Bonchev–Trinajstić information content (AvgIpc) is 2.86. The van der Waals surface area contributed by atoms with E-state index in [1.807, 2.05) is 85.9 Å². The topological polar surface area (TPSA) is 89.9 Å². The Morgan fingerprint density at radius 2 is 1.72 bits per heavy atom.